The highest BCUT2D eigenvalue weighted by Crippen LogP contribution is 2.22. The van der Waals surface area contributed by atoms with Crippen molar-refractivity contribution in [2.75, 3.05) is 13.2 Å². The smallest absolute Gasteiger partial charge is 0.468 e. The van der Waals surface area contributed by atoms with Gasteiger partial charge in [0.15, 0.2) is 0 Å². The number of ether oxygens (including phenoxy) is 1. The first-order valence-electron chi connectivity index (χ1n) is 4.21. The molecular formula is C8H11F3NO2-. The predicted octanol–water partition coefficient (Wildman–Crippen LogP) is 1.35. The molecule has 0 aromatic heterocycles. The van der Waals surface area contributed by atoms with Crippen LogP contribution in [-0.2, 0) is 9.53 Å². The number of carbonyl (C=O) groups excluding carboxylic acids is 1. The Bertz CT molecular complexity index is 211. The van der Waals surface area contributed by atoms with Gasteiger partial charge in [-0.25, -0.2) is 0 Å². The van der Waals surface area contributed by atoms with Gasteiger partial charge in [0.25, 0.3) is 5.91 Å². The average Bonchev–Trinajstić information content (AvgIpc) is 2.15. The molecule has 1 saturated heterocycles. The van der Waals surface area contributed by atoms with E-state index in [1.165, 1.54) is 0 Å². The number of alkyl halides is 3. The standard InChI is InChI=1S/C8H11F3NO2/c1-12(7(13)8(9,10)11)6-2-4-14-5-3-6/h6H,1-5H2/q-1. The number of nitrogens with zero attached hydrogens (tertiary/aromatic N) is 1. The SMILES string of the molecule is [CH2-]N(C(=O)C(F)(F)F)C1CCOCC1. The Kier molecular flexibility index (Phi) is 3.36. The van der Waals surface area contributed by atoms with Gasteiger partial charge in [-0.2, -0.15) is 13.2 Å². The van der Waals surface area contributed by atoms with Crippen LogP contribution >= 0.6 is 0 Å². The fraction of sp³-hybridized carbons (Fsp3) is 0.750. The van der Waals surface area contributed by atoms with Crippen molar-refractivity contribution in [3.8, 4) is 0 Å². The average molecular weight is 210 g/mol. The van der Waals surface area contributed by atoms with E-state index in [0.29, 0.717) is 31.0 Å². The van der Waals surface area contributed by atoms with Gasteiger partial charge in [0.05, 0.1) is 0 Å². The molecule has 1 aliphatic heterocycles. The molecule has 0 radical (unpaired) electrons. The summed E-state index contributed by atoms with van der Waals surface area (Å²) in [5.74, 6) is -1.88. The Hall–Kier alpha value is -0.780. The van der Waals surface area contributed by atoms with Crippen LogP contribution in [0.3, 0.4) is 0 Å². The van der Waals surface area contributed by atoms with Crippen LogP contribution in [0.1, 0.15) is 12.8 Å². The second-order valence-corrected chi connectivity index (χ2v) is 3.12. The Labute approximate surface area is 79.8 Å². The third kappa shape index (κ3) is 2.60. The molecule has 82 valence electrons. The highest BCUT2D eigenvalue weighted by Gasteiger charge is 2.40. The van der Waals surface area contributed by atoms with Crippen LogP contribution in [0.2, 0.25) is 0 Å². The van der Waals surface area contributed by atoms with E-state index in [-0.39, 0.29) is 0 Å². The van der Waals surface area contributed by atoms with Crippen molar-refractivity contribution in [2.24, 2.45) is 0 Å². The zero-order valence-electron chi connectivity index (χ0n) is 7.51. The molecule has 1 heterocycles. The second kappa shape index (κ2) is 4.16. The van der Waals surface area contributed by atoms with E-state index in [0.717, 1.165) is 0 Å². The quantitative estimate of drug-likeness (QED) is 0.611. The second-order valence-electron chi connectivity index (χ2n) is 3.12. The Morgan fingerprint density at radius 1 is 1.36 bits per heavy atom. The lowest BCUT2D eigenvalue weighted by molar-refractivity contribution is -0.186. The summed E-state index contributed by atoms with van der Waals surface area (Å²) in [4.78, 5) is 11.3. The third-order valence-electron chi connectivity index (χ3n) is 2.13. The van der Waals surface area contributed by atoms with Gasteiger partial charge in [0.1, 0.15) is 0 Å². The maximum atomic E-state index is 12.0. The lowest BCUT2D eigenvalue weighted by Gasteiger charge is -2.37. The Balaban J connectivity index is 2.55. The van der Waals surface area contributed by atoms with Gasteiger partial charge in [0, 0.05) is 19.3 Å². The van der Waals surface area contributed by atoms with Crippen molar-refractivity contribution < 1.29 is 22.7 Å². The minimum Gasteiger partial charge on any atom is -0.485 e. The zero-order chi connectivity index (χ0) is 10.8. The number of rotatable bonds is 1. The summed E-state index contributed by atoms with van der Waals surface area (Å²) in [5, 5.41) is 0. The Morgan fingerprint density at radius 2 is 1.86 bits per heavy atom. The number of hydrogen-bond acceptors (Lipinski definition) is 2. The first-order chi connectivity index (χ1) is 6.43. The van der Waals surface area contributed by atoms with E-state index in [1.807, 2.05) is 0 Å². The van der Waals surface area contributed by atoms with Crippen LogP contribution in [0, 0.1) is 7.05 Å². The molecule has 1 fully saturated rings. The van der Waals surface area contributed by atoms with Crippen molar-refractivity contribution in [1.29, 1.82) is 0 Å². The van der Waals surface area contributed by atoms with Crippen molar-refractivity contribution in [3.63, 3.8) is 0 Å². The van der Waals surface area contributed by atoms with E-state index in [2.05, 4.69) is 7.05 Å². The lowest BCUT2D eigenvalue weighted by Crippen LogP contribution is -2.45. The summed E-state index contributed by atoms with van der Waals surface area (Å²) >= 11 is 0. The van der Waals surface area contributed by atoms with E-state index in [4.69, 9.17) is 4.74 Å². The molecule has 0 aromatic carbocycles. The van der Waals surface area contributed by atoms with Gasteiger partial charge in [-0.05, 0) is 12.8 Å². The van der Waals surface area contributed by atoms with Crippen LogP contribution in [0.15, 0.2) is 0 Å². The molecule has 6 heteroatoms. The van der Waals surface area contributed by atoms with Crippen LogP contribution in [-0.4, -0.2) is 36.2 Å². The summed E-state index contributed by atoms with van der Waals surface area (Å²) in [6.45, 7) is 0.754. The summed E-state index contributed by atoms with van der Waals surface area (Å²) in [6.07, 6.45) is -4.02. The first-order valence-corrected chi connectivity index (χ1v) is 4.21. The molecule has 1 aliphatic rings. The summed E-state index contributed by atoms with van der Waals surface area (Å²) < 4.78 is 40.9. The minimum absolute atomic E-state index is 0.377. The van der Waals surface area contributed by atoms with Crippen LogP contribution in [0.25, 0.3) is 0 Å². The van der Waals surface area contributed by atoms with Gasteiger partial charge in [0.2, 0.25) is 0 Å². The normalized spacial score (nSPS) is 19.4. The molecule has 0 bridgehead atoms. The molecular weight excluding hydrogens is 199 g/mol. The summed E-state index contributed by atoms with van der Waals surface area (Å²) in [5.41, 5.74) is 0. The van der Waals surface area contributed by atoms with Crippen LogP contribution in [0.4, 0.5) is 13.2 Å². The summed E-state index contributed by atoms with van der Waals surface area (Å²) in [7, 11) is 3.14. The molecule has 0 aromatic rings. The first kappa shape index (κ1) is 11.3. The minimum atomic E-state index is -4.83. The fourth-order valence-corrected chi connectivity index (χ4v) is 1.33. The number of halogens is 3. The van der Waals surface area contributed by atoms with Gasteiger partial charge in [-0.15, -0.1) is 0 Å². The molecule has 0 spiro atoms. The van der Waals surface area contributed by atoms with Crippen LogP contribution in [0.5, 0.6) is 0 Å². The number of carbonyl (C=O) groups is 1. The van der Waals surface area contributed by atoms with Gasteiger partial charge < -0.3 is 9.64 Å². The molecule has 0 N–H and O–H groups in total. The lowest BCUT2D eigenvalue weighted by atomic mass is 10.1. The van der Waals surface area contributed by atoms with Crippen molar-refractivity contribution in [2.45, 2.75) is 25.1 Å². The highest BCUT2D eigenvalue weighted by molar-refractivity contribution is 5.82. The van der Waals surface area contributed by atoms with Gasteiger partial charge >= 0.3 is 6.18 Å². The molecule has 1 rings (SSSR count). The van der Waals surface area contributed by atoms with E-state index < -0.39 is 18.1 Å². The number of hydrogen-bond donors (Lipinski definition) is 0. The van der Waals surface area contributed by atoms with Crippen molar-refractivity contribution >= 4 is 5.91 Å². The Morgan fingerprint density at radius 3 is 2.29 bits per heavy atom. The molecule has 3 nitrogen and oxygen atoms in total. The molecule has 0 atom stereocenters. The van der Waals surface area contributed by atoms with Crippen LogP contribution < -0.4 is 0 Å². The van der Waals surface area contributed by atoms with E-state index in [1.54, 1.807) is 0 Å². The zero-order valence-corrected chi connectivity index (χ0v) is 7.51. The monoisotopic (exact) mass is 210 g/mol. The van der Waals surface area contributed by atoms with E-state index >= 15 is 0 Å². The van der Waals surface area contributed by atoms with E-state index in [9.17, 15) is 18.0 Å². The predicted molar refractivity (Wildman–Crippen MR) is 42.1 cm³/mol. The van der Waals surface area contributed by atoms with Gasteiger partial charge in [-0.3, -0.25) is 11.8 Å². The van der Waals surface area contributed by atoms with Crippen molar-refractivity contribution in [3.05, 3.63) is 7.05 Å². The maximum Gasteiger partial charge on any atom is 0.468 e. The molecule has 0 saturated carbocycles. The highest BCUT2D eigenvalue weighted by atomic mass is 19.4. The largest absolute Gasteiger partial charge is 0.485 e. The molecule has 0 aliphatic carbocycles. The van der Waals surface area contributed by atoms with Crippen molar-refractivity contribution in [1.82, 2.24) is 4.90 Å². The summed E-state index contributed by atoms with van der Waals surface area (Å²) in [6, 6.07) is -0.460. The number of amides is 1. The molecule has 14 heavy (non-hydrogen) atoms. The third-order valence-corrected chi connectivity index (χ3v) is 2.13. The maximum absolute atomic E-state index is 12.0. The fourth-order valence-electron chi connectivity index (χ4n) is 1.33. The topological polar surface area (TPSA) is 29.5 Å². The molecule has 0 unspecified atom stereocenters. The molecule has 1 amide bonds. The van der Waals surface area contributed by atoms with Gasteiger partial charge in [-0.1, -0.05) is 0 Å².